The minimum absolute atomic E-state index is 0.00373. The van der Waals surface area contributed by atoms with Crippen LogP contribution >= 0.6 is 0 Å². The fraction of sp³-hybridized carbons (Fsp3) is 0.458. The van der Waals surface area contributed by atoms with E-state index >= 15 is 0 Å². The maximum absolute atomic E-state index is 13.2. The second-order valence-electron chi connectivity index (χ2n) is 8.47. The summed E-state index contributed by atoms with van der Waals surface area (Å²) in [4.78, 5) is 12.0. The molecule has 1 saturated heterocycles. The first-order valence-electron chi connectivity index (χ1n) is 10.8. The molecule has 10 heteroatoms. The number of rotatable bonds is 6. The lowest BCUT2D eigenvalue weighted by Gasteiger charge is -2.41. The van der Waals surface area contributed by atoms with Gasteiger partial charge in [0.15, 0.2) is 0 Å². The van der Waals surface area contributed by atoms with E-state index < -0.39 is 35.1 Å². The minimum atomic E-state index is -4.93. The van der Waals surface area contributed by atoms with Crippen molar-refractivity contribution in [1.29, 1.82) is 0 Å². The van der Waals surface area contributed by atoms with Crippen LogP contribution in [0.25, 0.3) is 0 Å². The van der Waals surface area contributed by atoms with E-state index in [4.69, 9.17) is 4.74 Å². The third-order valence-electron chi connectivity index (χ3n) is 6.21. The van der Waals surface area contributed by atoms with E-state index in [1.165, 1.54) is 6.92 Å². The molecule has 0 radical (unpaired) electrons. The molecule has 2 aromatic carbocycles. The van der Waals surface area contributed by atoms with Gasteiger partial charge >= 0.3 is 12.4 Å². The third kappa shape index (κ3) is 5.90. The van der Waals surface area contributed by atoms with Gasteiger partial charge in [-0.3, -0.25) is 4.79 Å². The molecule has 34 heavy (non-hydrogen) atoms. The van der Waals surface area contributed by atoms with Gasteiger partial charge in [0.1, 0.15) is 0 Å². The van der Waals surface area contributed by atoms with Crippen LogP contribution in [0.5, 0.6) is 0 Å². The molecule has 0 unspecified atom stereocenters. The number of piperidine rings is 1. The maximum Gasteiger partial charge on any atom is 0.416 e. The first-order valence-corrected chi connectivity index (χ1v) is 10.8. The molecule has 186 valence electrons. The van der Waals surface area contributed by atoms with Gasteiger partial charge in [-0.1, -0.05) is 30.3 Å². The predicted octanol–water partition coefficient (Wildman–Crippen LogP) is 5.44. The Morgan fingerprint density at radius 3 is 2.15 bits per heavy atom. The number of hydrogen-bond donors (Lipinski definition) is 2. The monoisotopic (exact) mass is 488 g/mol. The molecule has 0 bridgehead atoms. The second kappa shape index (κ2) is 9.95. The highest BCUT2D eigenvalue weighted by molar-refractivity contribution is 5.78. The van der Waals surface area contributed by atoms with Crippen molar-refractivity contribution >= 4 is 5.91 Å². The summed E-state index contributed by atoms with van der Waals surface area (Å²) in [6.07, 6.45) is -9.86. The molecule has 0 aliphatic carbocycles. The number of benzene rings is 2. The zero-order valence-corrected chi connectivity index (χ0v) is 18.7. The highest BCUT2D eigenvalue weighted by atomic mass is 19.4. The summed E-state index contributed by atoms with van der Waals surface area (Å²) in [5, 5.41) is 5.96. The van der Waals surface area contributed by atoms with Crippen LogP contribution in [0.15, 0.2) is 48.5 Å². The molecule has 0 aromatic heterocycles. The third-order valence-corrected chi connectivity index (χ3v) is 6.21. The summed E-state index contributed by atoms with van der Waals surface area (Å²) in [5.74, 6) is -0.357. The number of halogens is 6. The van der Waals surface area contributed by atoms with Crippen molar-refractivity contribution in [3.63, 3.8) is 0 Å². The standard InChI is InChI=1S/C24H26F6N2O2/c1-15(17-10-19(23(25,26)27)12-20(11-17)24(28,29)30)34-14-22(18-6-4-3-5-7-18)9-8-16(13-32-22)21(33)31-2/h3-7,10-12,15-16,32H,8-9,13-14H2,1-2H3,(H,31,33)/t15-,16-,22-/m1/s1. The first-order chi connectivity index (χ1) is 15.9. The van der Waals surface area contributed by atoms with Crippen LogP contribution in [-0.4, -0.2) is 26.1 Å². The van der Waals surface area contributed by atoms with Crippen molar-refractivity contribution in [3.05, 3.63) is 70.8 Å². The van der Waals surface area contributed by atoms with Gasteiger partial charge < -0.3 is 15.4 Å². The summed E-state index contributed by atoms with van der Waals surface area (Å²) in [5.41, 5.74) is -2.86. The Morgan fingerprint density at radius 1 is 1.09 bits per heavy atom. The van der Waals surface area contributed by atoms with Crippen molar-refractivity contribution in [2.45, 2.75) is 43.8 Å². The number of nitrogens with one attached hydrogen (secondary N) is 2. The molecular weight excluding hydrogens is 462 g/mol. The summed E-state index contributed by atoms with van der Waals surface area (Å²) in [7, 11) is 1.55. The van der Waals surface area contributed by atoms with E-state index in [-0.39, 0.29) is 30.1 Å². The van der Waals surface area contributed by atoms with Crippen LogP contribution in [0.1, 0.15) is 48.1 Å². The average Bonchev–Trinajstić information content (AvgIpc) is 2.81. The van der Waals surface area contributed by atoms with Gasteiger partial charge in [-0.2, -0.15) is 26.3 Å². The highest BCUT2D eigenvalue weighted by Crippen LogP contribution is 2.39. The van der Waals surface area contributed by atoms with Crippen molar-refractivity contribution in [2.75, 3.05) is 20.2 Å². The number of carbonyl (C=O) groups is 1. The van der Waals surface area contributed by atoms with Crippen LogP contribution in [0.3, 0.4) is 0 Å². The number of amides is 1. The van der Waals surface area contributed by atoms with E-state index in [9.17, 15) is 31.1 Å². The van der Waals surface area contributed by atoms with E-state index in [0.29, 0.717) is 31.5 Å². The van der Waals surface area contributed by atoms with Gasteiger partial charge in [0.05, 0.1) is 35.3 Å². The highest BCUT2D eigenvalue weighted by Gasteiger charge is 2.40. The smallest absolute Gasteiger partial charge is 0.372 e. The quantitative estimate of drug-likeness (QED) is 0.533. The average molecular weight is 488 g/mol. The van der Waals surface area contributed by atoms with E-state index in [1.807, 2.05) is 30.3 Å². The summed E-state index contributed by atoms with van der Waals surface area (Å²) < 4.78 is 85.3. The molecular formula is C24H26F6N2O2. The largest absolute Gasteiger partial charge is 0.416 e. The molecule has 2 N–H and O–H groups in total. The number of hydrogen-bond acceptors (Lipinski definition) is 3. The van der Waals surface area contributed by atoms with Gasteiger partial charge in [0.2, 0.25) is 5.91 Å². The van der Waals surface area contributed by atoms with Crippen LogP contribution < -0.4 is 10.6 Å². The Labute approximate surface area is 193 Å². The fourth-order valence-electron chi connectivity index (χ4n) is 4.14. The first kappa shape index (κ1) is 26.0. The van der Waals surface area contributed by atoms with Crippen molar-refractivity contribution in [2.24, 2.45) is 5.92 Å². The Kier molecular flexibility index (Phi) is 7.62. The molecule has 1 amide bonds. The van der Waals surface area contributed by atoms with E-state index in [2.05, 4.69) is 10.6 Å². The topological polar surface area (TPSA) is 50.4 Å². The van der Waals surface area contributed by atoms with Crippen LogP contribution in [0, 0.1) is 5.92 Å². The molecule has 0 saturated carbocycles. The molecule has 1 aliphatic heterocycles. The van der Waals surface area contributed by atoms with Crippen molar-refractivity contribution < 1.29 is 35.9 Å². The van der Waals surface area contributed by atoms with Gasteiger partial charge in [-0.25, -0.2) is 0 Å². The zero-order valence-electron chi connectivity index (χ0n) is 18.7. The Bertz CT molecular complexity index is 951. The normalized spacial score (nSPS) is 22.3. The lowest BCUT2D eigenvalue weighted by atomic mass is 9.79. The van der Waals surface area contributed by atoms with Gasteiger partial charge in [0.25, 0.3) is 0 Å². The SMILES string of the molecule is CNC(=O)[C@@H]1CC[C@@](CO[C@H](C)c2cc(C(F)(F)F)cc(C(F)(F)F)c2)(c2ccccc2)NC1. The molecule has 3 rings (SSSR count). The molecule has 4 nitrogen and oxygen atoms in total. The predicted molar refractivity (Wildman–Crippen MR) is 114 cm³/mol. The van der Waals surface area contributed by atoms with E-state index in [0.717, 1.165) is 5.56 Å². The summed E-state index contributed by atoms with van der Waals surface area (Å²) in [6.45, 7) is 1.77. The zero-order chi connectivity index (χ0) is 25.1. The molecule has 3 atom stereocenters. The molecule has 1 aliphatic rings. The summed E-state index contributed by atoms with van der Waals surface area (Å²) in [6, 6.07) is 10.7. The lowest BCUT2D eigenvalue weighted by Crippen LogP contribution is -2.54. The minimum Gasteiger partial charge on any atom is -0.372 e. The van der Waals surface area contributed by atoms with Crippen molar-refractivity contribution in [1.82, 2.24) is 10.6 Å². The van der Waals surface area contributed by atoms with Gasteiger partial charge in [0, 0.05) is 13.6 Å². The Balaban J connectivity index is 1.86. The number of alkyl halides is 6. The Morgan fingerprint density at radius 2 is 1.68 bits per heavy atom. The lowest BCUT2D eigenvalue weighted by molar-refractivity contribution is -0.143. The van der Waals surface area contributed by atoms with Crippen LogP contribution in [0.2, 0.25) is 0 Å². The Hall–Kier alpha value is -2.59. The van der Waals surface area contributed by atoms with Crippen LogP contribution in [0.4, 0.5) is 26.3 Å². The van der Waals surface area contributed by atoms with Crippen LogP contribution in [-0.2, 0) is 27.4 Å². The molecule has 1 fully saturated rings. The maximum atomic E-state index is 13.2. The number of ether oxygens (including phenoxy) is 1. The van der Waals surface area contributed by atoms with Gasteiger partial charge in [-0.15, -0.1) is 0 Å². The molecule has 0 spiro atoms. The fourth-order valence-corrected chi connectivity index (χ4v) is 4.14. The number of carbonyl (C=O) groups excluding carboxylic acids is 1. The molecule has 1 heterocycles. The summed E-state index contributed by atoms with van der Waals surface area (Å²) >= 11 is 0. The van der Waals surface area contributed by atoms with Gasteiger partial charge in [-0.05, 0) is 49.1 Å². The van der Waals surface area contributed by atoms with E-state index in [1.54, 1.807) is 7.05 Å². The molecule has 2 aromatic rings. The van der Waals surface area contributed by atoms with Crippen molar-refractivity contribution in [3.8, 4) is 0 Å². The second-order valence-corrected chi connectivity index (χ2v) is 8.47.